The Morgan fingerprint density at radius 2 is 1.55 bits per heavy atom. The van der Waals surface area contributed by atoms with Crippen LogP contribution in [0.2, 0.25) is 0 Å². The van der Waals surface area contributed by atoms with Crippen LogP contribution < -0.4 is 0 Å². The number of rotatable bonds is 2. The molecular formula is C17H12Br2O. The quantitative estimate of drug-likeness (QED) is 0.616. The Morgan fingerprint density at radius 3 is 2.35 bits per heavy atom. The van der Waals surface area contributed by atoms with Crippen LogP contribution in [0.4, 0.5) is 0 Å². The van der Waals surface area contributed by atoms with Crippen LogP contribution in [0.3, 0.4) is 0 Å². The van der Waals surface area contributed by atoms with Crippen molar-refractivity contribution in [1.82, 2.24) is 0 Å². The van der Waals surface area contributed by atoms with Gasteiger partial charge in [0, 0.05) is 14.5 Å². The SMILES string of the molecule is OC(c1ccc2ccccc2c1)c1cc(Br)ccc1Br. The fraction of sp³-hybridized carbons (Fsp3) is 0.0588. The highest BCUT2D eigenvalue weighted by Crippen LogP contribution is 2.32. The summed E-state index contributed by atoms with van der Waals surface area (Å²) in [6.07, 6.45) is -0.647. The topological polar surface area (TPSA) is 20.2 Å². The monoisotopic (exact) mass is 390 g/mol. The molecule has 100 valence electrons. The van der Waals surface area contributed by atoms with Crippen LogP contribution in [0.5, 0.6) is 0 Å². The Kier molecular flexibility index (Phi) is 3.92. The second-order valence-corrected chi connectivity index (χ2v) is 6.44. The van der Waals surface area contributed by atoms with E-state index < -0.39 is 6.10 Å². The van der Waals surface area contributed by atoms with Gasteiger partial charge < -0.3 is 5.11 Å². The molecule has 3 aromatic rings. The summed E-state index contributed by atoms with van der Waals surface area (Å²) in [4.78, 5) is 0. The molecule has 0 saturated carbocycles. The fourth-order valence-corrected chi connectivity index (χ4v) is 3.12. The molecule has 0 aliphatic carbocycles. The lowest BCUT2D eigenvalue weighted by atomic mass is 9.99. The van der Waals surface area contributed by atoms with Crippen LogP contribution in [-0.2, 0) is 0 Å². The van der Waals surface area contributed by atoms with Crippen LogP contribution in [0, 0.1) is 0 Å². The summed E-state index contributed by atoms with van der Waals surface area (Å²) < 4.78 is 1.86. The van der Waals surface area contributed by atoms with Crippen molar-refractivity contribution in [2.45, 2.75) is 6.10 Å². The van der Waals surface area contributed by atoms with Crippen molar-refractivity contribution < 1.29 is 5.11 Å². The zero-order valence-electron chi connectivity index (χ0n) is 10.6. The van der Waals surface area contributed by atoms with Gasteiger partial charge in [-0.25, -0.2) is 0 Å². The van der Waals surface area contributed by atoms with Gasteiger partial charge in [-0.2, -0.15) is 0 Å². The molecule has 20 heavy (non-hydrogen) atoms. The highest BCUT2D eigenvalue weighted by Gasteiger charge is 2.14. The summed E-state index contributed by atoms with van der Waals surface area (Å²) in [6, 6.07) is 20.0. The molecule has 0 fully saturated rings. The van der Waals surface area contributed by atoms with Crippen molar-refractivity contribution in [3.8, 4) is 0 Å². The predicted octanol–water partition coefficient (Wildman–Crippen LogP) is 5.45. The van der Waals surface area contributed by atoms with Crippen molar-refractivity contribution >= 4 is 42.6 Å². The molecule has 0 amide bonds. The molecule has 0 aromatic heterocycles. The molecule has 3 aromatic carbocycles. The molecule has 0 aliphatic rings. The van der Waals surface area contributed by atoms with Crippen LogP contribution >= 0.6 is 31.9 Å². The van der Waals surface area contributed by atoms with Crippen molar-refractivity contribution in [2.24, 2.45) is 0 Å². The van der Waals surface area contributed by atoms with Gasteiger partial charge in [-0.15, -0.1) is 0 Å². The van der Waals surface area contributed by atoms with E-state index in [0.29, 0.717) is 0 Å². The maximum Gasteiger partial charge on any atom is 0.105 e. The molecule has 0 saturated heterocycles. The molecular weight excluding hydrogens is 380 g/mol. The predicted molar refractivity (Wildman–Crippen MR) is 89.9 cm³/mol. The molecule has 1 N–H and O–H groups in total. The molecule has 0 heterocycles. The first kappa shape index (κ1) is 13.8. The van der Waals surface area contributed by atoms with Crippen molar-refractivity contribution in [1.29, 1.82) is 0 Å². The zero-order chi connectivity index (χ0) is 14.1. The molecule has 0 spiro atoms. The van der Waals surface area contributed by atoms with E-state index in [1.807, 2.05) is 48.5 Å². The van der Waals surface area contributed by atoms with Gasteiger partial charge >= 0.3 is 0 Å². The molecule has 3 rings (SSSR count). The highest BCUT2D eigenvalue weighted by molar-refractivity contribution is 9.11. The Morgan fingerprint density at radius 1 is 0.800 bits per heavy atom. The normalized spacial score (nSPS) is 12.6. The Labute approximate surface area is 134 Å². The molecule has 1 atom stereocenters. The van der Waals surface area contributed by atoms with Crippen molar-refractivity contribution in [2.75, 3.05) is 0 Å². The minimum absolute atomic E-state index is 0.647. The third-order valence-corrected chi connectivity index (χ3v) is 4.56. The standard InChI is InChI=1S/C17H12Br2O/c18-14-7-8-16(19)15(10-14)17(20)13-6-5-11-3-1-2-4-12(11)9-13/h1-10,17,20H. The number of halogens is 2. The molecule has 0 bridgehead atoms. The van der Waals surface area contributed by atoms with Gasteiger partial charge in [-0.1, -0.05) is 68.3 Å². The van der Waals surface area contributed by atoms with E-state index in [4.69, 9.17) is 0 Å². The number of aliphatic hydroxyl groups is 1. The van der Waals surface area contributed by atoms with Crippen LogP contribution in [0.1, 0.15) is 17.2 Å². The number of aliphatic hydroxyl groups excluding tert-OH is 1. The van der Waals surface area contributed by atoms with Crippen molar-refractivity contribution in [3.05, 3.63) is 80.7 Å². The summed E-state index contributed by atoms with van der Waals surface area (Å²) in [7, 11) is 0. The lowest BCUT2D eigenvalue weighted by Gasteiger charge is -2.14. The van der Waals surface area contributed by atoms with E-state index in [1.165, 1.54) is 5.39 Å². The van der Waals surface area contributed by atoms with Crippen LogP contribution in [0.25, 0.3) is 10.8 Å². The maximum atomic E-state index is 10.6. The van der Waals surface area contributed by atoms with Gasteiger partial charge in [-0.05, 0) is 40.6 Å². The number of hydrogen-bond donors (Lipinski definition) is 1. The molecule has 3 heteroatoms. The highest BCUT2D eigenvalue weighted by atomic mass is 79.9. The Hall–Kier alpha value is -1.16. The van der Waals surface area contributed by atoms with Gasteiger partial charge in [0.05, 0.1) is 0 Å². The fourth-order valence-electron chi connectivity index (χ4n) is 2.28. The first-order valence-corrected chi connectivity index (χ1v) is 7.85. The van der Waals surface area contributed by atoms with Gasteiger partial charge in [0.25, 0.3) is 0 Å². The maximum absolute atomic E-state index is 10.6. The average molecular weight is 392 g/mol. The van der Waals surface area contributed by atoms with E-state index in [1.54, 1.807) is 0 Å². The lowest BCUT2D eigenvalue weighted by Crippen LogP contribution is -2.00. The first-order chi connectivity index (χ1) is 9.65. The second-order valence-electron chi connectivity index (χ2n) is 4.67. The number of benzene rings is 3. The van der Waals surface area contributed by atoms with Gasteiger partial charge in [0.1, 0.15) is 6.10 Å². The largest absolute Gasteiger partial charge is 0.384 e. The van der Waals surface area contributed by atoms with Crippen LogP contribution in [0.15, 0.2) is 69.6 Å². The third kappa shape index (κ3) is 2.66. The van der Waals surface area contributed by atoms with Gasteiger partial charge in [0.15, 0.2) is 0 Å². The minimum atomic E-state index is -0.647. The van der Waals surface area contributed by atoms with Gasteiger partial charge in [-0.3, -0.25) is 0 Å². The summed E-state index contributed by atoms with van der Waals surface area (Å²) in [6.45, 7) is 0. The third-order valence-electron chi connectivity index (χ3n) is 3.34. The van der Waals surface area contributed by atoms with Gasteiger partial charge in [0.2, 0.25) is 0 Å². The minimum Gasteiger partial charge on any atom is -0.384 e. The Balaban J connectivity index is 2.07. The number of fused-ring (bicyclic) bond motifs is 1. The molecule has 0 aliphatic heterocycles. The molecule has 1 nitrogen and oxygen atoms in total. The lowest BCUT2D eigenvalue weighted by molar-refractivity contribution is 0.219. The second kappa shape index (κ2) is 5.68. The van der Waals surface area contributed by atoms with Crippen molar-refractivity contribution in [3.63, 3.8) is 0 Å². The summed E-state index contributed by atoms with van der Waals surface area (Å²) in [5, 5.41) is 12.9. The Bertz CT molecular complexity index is 768. The summed E-state index contributed by atoms with van der Waals surface area (Å²) >= 11 is 6.94. The molecule has 0 radical (unpaired) electrons. The zero-order valence-corrected chi connectivity index (χ0v) is 13.7. The molecule has 1 unspecified atom stereocenters. The average Bonchev–Trinajstić information content (AvgIpc) is 2.48. The summed E-state index contributed by atoms with van der Waals surface area (Å²) in [5.41, 5.74) is 1.75. The van der Waals surface area contributed by atoms with E-state index >= 15 is 0 Å². The first-order valence-electron chi connectivity index (χ1n) is 6.27. The number of hydrogen-bond acceptors (Lipinski definition) is 1. The van der Waals surface area contributed by atoms with E-state index in [0.717, 1.165) is 25.5 Å². The van der Waals surface area contributed by atoms with E-state index in [2.05, 4.69) is 44.0 Å². The summed E-state index contributed by atoms with van der Waals surface area (Å²) in [5.74, 6) is 0. The van der Waals surface area contributed by atoms with E-state index in [-0.39, 0.29) is 0 Å². The van der Waals surface area contributed by atoms with E-state index in [9.17, 15) is 5.11 Å². The van der Waals surface area contributed by atoms with Crippen LogP contribution in [-0.4, -0.2) is 5.11 Å². The smallest absolute Gasteiger partial charge is 0.105 e.